The molecule has 2 rings (SSSR count). The molecule has 0 aliphatic carbocycles. The standard InChI is InChI=1S/C14H22N2O2/c1-10-5-6-12(18-10)11(2)16-13(17)14(3)7-4-8-15-9-14/h5-6,11,15H,4,7-9H2,1-3H3,(H,16,17). The van der Waals surface area contributed by atoms with Gasteiger partial charge in [0, 0.05) is 6.54 Å². The summed E-state index contributed by atoms with van der Waals surface area (Å²) in [6.45, 7) is 7.65. The van der Waals surface area contributed by atoms with Crippen molar-refractivity contribution in [2.75, 3.05) is 13.1 Å². The number of aryl methyl sites for hydroxylation is 1. The fourth-order valence-corrected chi connectivity index (χ4v) is 2.38. The monoisotopic (exact) mass is 250 g/mol. The summed E-state index contributed by atoms with van der Waals surface area (Å²) in [7, 11) is 0. The predicted molar refractivity (Wildman–Crippen MR) is 70.2 cm³/mol. The summed E-state index contributed by atoms with van der Waals surface area (Å²) in [5, 5.41) is 6.34. The molecule has 100 valence electrons. The first-order chi connectivity index (χ1) is 8.51. The van der Waals surface area contributed by atoms with Crippen molar-refractivity contribution in [3.8, 4) is 0 Å². The maximum absolute atomic E-state index is 12.3. The summed E-state index contributed by atoms with van der Waals surface area (Å²) in [5.74, 6) is 1.79. The largest absolute Gasteiger partial charge is 0.464 e. The van der Waals surface area contributed by atoms with E-state index in [9.17, 15) is 4.79 Å². The van der Waals surface area contributed by atoms with Gasteiger partial charge >= 0.3 is 0 Å². The highest BCUT2D eigenvalue weighted by atomic mass is 16.3. The second-order valence-electron chi connectivity index (χ2n) is 5.48. The van der Waals surface area contributed by atoms with Crippen LogP contribution in [0.1, 0.15) is 44.3 Å². The van der Waals surface area contributed by atoms with E-state index in [0.717, 1.165) is 37.5 Å². The number of piperidine rings is 1. The van der Waals surface area contributed by atoms with E-state index in [4.69, 9.17) is 4.42 Å². The Labute approximate surface area is 108 Å². The van der Waals surface area contributed by atoms with Gasteiger partial charge in [0.05, 0.1) is 11.5 Å². The fourth-order valence-electron chi connectivity index (χ4n) is 2.38. The van der Waals surface area contributed by atoms with E-state index in [0.29, 0.717) is 0 Å². The van der Waals surface area contributed by atoms with Crippen LogP contribution in [0, 0.1) is 12.3 Å². The Morgan fingerprint density at radius 1 is 1.56 bits per heavy atom. The van der Waals surface area contributed by atoms with Gasteiger partial charge in [0.15, 0.2) is 0 Å². The van der Waals surface area contributed by atoms with Crippen LogP contribution in [0.5, 0.6) is 0 Å². The average molecular weight is 250 g/mol. The van der Waals surface area contributed by atoms with E-state index in [1.807, 2.05) is 32.9 Å². The van der Waals surface area contributed by atoms with Crippen LogP contribution in [-0.2, 0) is 4.79 Å². The molecule has 0 spiro atoms. The van der Waals surface area contributed by atoms with Crippen molar-refractivity contribution in [3.63, 3.8) is 0 Å². The molecular weight excluding hydrogens is 228 g/mol. The Morgan fingerprint density at radius 2 is 2.33 bits per heavy atom. The van der Waals surface area contributed by atoms with Crippen LogP contribution >= 0.6 is 0 Å². The van der Waals surface area contributed by atoms with Crippen molar-refractivity contribution < 1.29 is 9.21 Å². The number of furan rings is 1. The molecule has 0 aromatic carbocycles. The molecule has 0 saturated carbocycles. The van der Waals surface area contributed by atoms with Gasteiger partial charge in [-0.25, -0.2) is 0 Å². The molecule has 1 amide bonds. The van der Waals surface area contributed by atoms with Gasteiger partial charge in [0.25, 0.3) is 0 Å². The highest BCUT2D eigenvalue weighted by Crippen LogP contribution is 2.27. The minimum absolute atomic E-state index is 0.0787. The molecule has 0 radical (unpaired) electrons. The minimum Gasteiger partial charge on any atom is -0.464 e. The number of nitrogens with one attached hydrogen (secondary N) is 2. The second kappa shape index (κ2) is 5.14. The second-order valence-corrected chi connectivity index (χ2v) is 5.48. The van der Waals surface area contributed by atoms with Crippen LogP contribution in [0.2, 0.25) is 0 Å². The van der Waals surface area contributed by atoms with Crippen molar-refractivity contribution in [3.05, 3.63) is 23.7 Å². The van der Waals surface area contributed by atoms with Crippen LogP contribution in [0.3, 0.4) is 0 Å². The maximum atomic E-state index is 12.3. The Kier molecular flexibility index (Phi) is 3.76. The van der Waals surface area contributed by atoms with Gasteiger partial charge in [-0.15, -0.1) is 0 Å². The van der Waals surface area contributed by atoms with Gasteiger partial charge in [-0.2, -0.15) is 0 Å². The third-order valence-electron chi connectivity index (χ3n) is 3.68. The summed E-state index contributed by atoms with van der Waals surface area (Å²) in [6, 6.07) is 3.76. The summed E-state index contributed by atoms with van der Waals surface area (Å²) >= 11 is 0. The predicted octanol–water partition coefficient (Wildman–Crippen LogP) is 2.15. The van der Waals surface area contributed by atoms with Gasteiger partial charge in [0.1, 0.15) is 11.5 Å². The summed E-state index contributed by atoms with van der Waals surface area (Å²) in [6.07, 6.45) is 1.99. The van der Waals surface area contributed by atoms with Gasteiger partial charge in [0.2, 0.25) is 5.91 Å². The lowest BCUT2D eigenvalue weighted by molar-refractivity contribution is -0.131. The summed E-state index contributed by atoms with van der Waals surface area (Å²) in [5.41, 5.74) is -0.297. The molecule has 4 nitrogen and oxygen atoms in total. The molecule has 1 fully saturated rings. The molecule has 1 aliphatic rings. The number of carbonyl (C=O) groups is 1. The highest BCUT2D eigenvalue weighted by molar-refractivity contribution is 5.82. The third-order valence-corrected chi connectivity index (χ3v) is 3.68. The molecule has 2 atom stereocenters. The molecule has 18 heavy (non-hydrogen) atoms. The normalized spacial score (nSPS) is 25.7. The topological polar surface area (TPSA) is 54.3 Å². The minimum atomic E-state index is -0.297. The third kappa shape index (κ3) is 2.75. The Hall–Kier alpha value is -1.29. The fraction of sp³-hybridized carbons (Fsp3) is 0.643. The number of hydrogen-bond donors (Lipinski definition) is 2. The number of carbonyl (C=O) groups excluding carboxylic acids is 1. The first-order valence-electron chi connectivity index (χ1n) is 6.59. The highest BCUT2D eigenvalue weighted by Gasteiger charge is 2.35. The van der Waals surface area contributed by atoms with Crippen LogP contribution in [0.4, 0.5) is 0 Å². The zero-order valence-corrected chi connectivity index (χ0v) is 11.4. The Balaban J connectivity index is 1.98. The van der Waals surface area contributed by atoms with Crippen molar-refractivity contribution in [2.24, 2.45) is 5.41 Å². The first-order valence-corrected chi connectivity index (χ1v) is 6.59. The first kappa shape index (κ1) is 13.1. The van der Waals surface area contributed by atoms with Gasteiger partial charge in [-0.05, 0) is 52.3 Å². The lowest BCUT2D eigenvalue weighted by atomic mass is 9.81. The van der Waals surface area contributed by atoms with E-state index in [1.165, 1.54) is 0 Å². The van der Waals surface area contributed by atoms with E-state index in [1.54, 1.807) is 0 Å². The van der Waals surface area contributed by atoms with Crippen molar-refractivity contribution in [1.82, 2.24) is 10.6 Å². The van der Waals surface area contributed by atoms with Crippen molar-refractivity contribution in [2.45, 2.75) is 39.7 Å². The van der Waals surface area contributed by atoms with Crippen LogP contribution in [0.15, 0.2) is 16.5 Å². The van der Waals surface area contributed by atoms with E-state index >= 15 is 0 Å². The molecule has 1 aromatic heterocycles. The molecule has 2 unspecified atom stereocenters. The SMILES string of the molecule is Cc1ccc(C(C)NC(=O)C2(C)CCCNC2)o1. The smallest absolute Gasteiger partial charge is 0.227 e. The summed E-state index contributed by atoms with van der Waals surface area (Å²) < 4.78 is 5.54. The van der Waals surface area contributed by atoms with Gasteiger partial charge in [-0.1, -0.05) is 0 Å². The lowest BCUT2D eigenvalue weighted by Crippen LogP contribution is -2.49. The molecule has 0 bridgehead atoms. The zero-order valence-electron chi connectivity index (χ0n) is 11.4. The molecule has 1 aliphatic heterocycles. The van der Waals surface area contributed by atoms with Crippen LogP contribution in [-0.4, -0.2) is 19.0 Å². The molecule has 2 heterocycles. The lowest BCUT2D eigenvalue weighted by Gasteiger charge is -2.33. The van der Waals surface area contributed by atoms with Gasteiger partial charge in [-0.3, -0.25) is 4.79 Å². The van der Waals surface area contributed by atoms with Crippen LogP contribution in [0.25, 0.3) is 0 Å². The average Bonchev–Trinajstić information content (AvgIpc) is 2.77. The van der Waals surface area contributed by atoms with Crippen LogP contribution < -0.4 is 10.6 Å². The van der Waals surface area contributed by atoms with Gasteiger partial charge < -0.3 is 15.1 Å². The summed E-state index contributed by atoms with van der Waals surface area (Å²) in [4.78, 5) is 12.3. The van der Waals surface area contributed by atoms with E-state index in [2.05, 4.69) is 10.6 Å². The molecule has 1 saturated heterocycles. The molecule has 4 heteroatoms. The molecular formula is C14H22N2O2. The number of rotatable bonds is 3. The Bertz CT molecular complexity index is 419. The van der Waals surface area contributed by atoms with E-state index in [-0.39, 0.29) is 17.4 Å². The molecule has 1 aromatic rings. The molecule has 2 N–H and O–H groups in total. The van der Waals surface area contributed by atoms with E-state index < -0.39 is 0 Å². The quantitative estimate of drug-likeness (QED) is 0.864. The van der Waals surface area contributed by atoms with Crippen molar-refractivity contribution in [1.29, 1.82) is 0 Å². The number of hydrogen-bond acceptors (Lipinski definition) is 3. The number of amides is 1. The van der Waals surface area contributed by atoms with Crippen molar-refractivity contribution >= 4 is 5.91 Å². The maximum Gasteiger partial charge on any atom is 0.227 e. The Morgan fingerprint density at radius 3 is 2.89 bits per heavy atom. The zero-order chi connectivity index (χ0) is 13.2.